The summed E-state index contributed by atoms with van der Waals surface area (Å²) in [7, 11) is 0. The van der Waals surface area contributed by atoms with E-state index in [1.807, 2.05) is 66.7 Å². The molecule has 2 heterocycles. The zero-order valence-electron chi connectivity index (χ0n) is 24.8. The van der Waals surface area contributed by atoms with E-state index in [1.54, 1.807) is 17.0 Å². The molecule has 0 aromatic heterocycles. The van der Waals surface area contributed by atoms with Crippen molar-refractivity contribution < 1.29 is 14.3 Å². The van der Waals surface area contributed by atoms with Crippen molar-refractivity contribution in [2.24, 2.45) is 0 Å². The molecule has 0 aliphatic carbocycles. The molecular formula is C36H34ClN3O3S2. The van der Waals surface area contributed by atoms with Crippen LogP contribution in [0.1, 0.15) is 17.5 Å². The van der Waals surface area contributed by atoms with Gasteiger partial charge in [-0.2, -0.15) is 0 Å². The van der Waals surface area contributed by atoms with Crippen LogP contribution in [-0.4, -0.2) is 59.4 Å². The standard InChI is InChI=1S/C36H34ClN3O3S2/c37-29-9-15-33(16-10-29)43-32-13-7-27(8-14-32)25-34-35(41)40(36(44)45-34)30-11-17-31(18-12-30)42-24-4-19-38-20-22-39(23-21-38)26-28-5-2-1-3-6-28/h1-3,5-18,25H,4,19-24,26H2. The number of amides is 1. The van der Waals surface area contributed by atoms with Gasteiger partial charge in [0.15, 0.2) is 4.32 Å². The molecule has 0 bridgehead atoms. The van der Waals surface area contributed by atoms with Gasteiger partial charge < -0.3 is 14.4 Å². The summed E-state index contributed by atoms with van der Waals surface area (Å²) in [4.78, 5) is 20.5. The van der Waals surface area contributed by atoms with Gasteiger partial charge in [-0.3, -0.25) is 14.6 Å². The number of carbonyl (C=O) groups excluding carboxylic acids is 1. The van der Waals surface area contributed by atoms with Gasteiger partial charge in [0.25, 0.3) is 5.91 Å². The van der Waals surface area contributed by atoms with Gasteiger partial charge in [0.1, 0.15) is 17.2 Å². The normalized spacial score (nSPS) is 16.8. The Morgan fingerprint density at radius 2 is 1.40 bits per heavy atom. The van der Waals surface area contributed by atoms with Gasteiger partial charge in [0, 0.05) is 44.3 Å². The fraction of sp³-hybridized carbons (Fsp3) is 0.222. The minimum Gasteiger partial charge on any atom is -0.494 e. The Balaban J connectivity index is 0.948. The highest BCUT2D eigenvalue weighted by molar-refractivity contribution is 8.27. The number of benzene rings is 4. The van der Waals surface area contributed by atoms with E-state index in [4.69, 9.17) is 33.3 Å². The van der Waals surface area contributed by atoms with Crippen LogP contribution in [-0.2, 0) is 11.3 Å². The molecule has 6 rings (SSSR count). The molecule has 0 radical (unpaired) electrons. The van der Waals surface area contributed by atoms with Crippen molar-refractivity contribution in [1.82, 2.24) is 9.80 Å². The molecule has 2 aliphatic heterocycles. The first-order valence-corrected chi connectivity index (χ1v) is 16.6. The molecule has 0 atom stereocenters. The second-order valence-corrected chi connectivity index (χ2v) is 13.1. The highest BCUT2D eigenvalue weighted by Crippen LogP contribution is 2.37. The van der Waals surface area contributed by atoms with E-state index in [-0.39, 0.29) is 5.91 Å². The van der Waals surface area contributed by atoms with Crippen molar-refractivity contribution in [3.8, 4) is 17.2 Å². The van der Waals surface area contributed by atoms with Crippen LogP contribution in [0.3, 0.4) is 0 Å². The van der Waals surface area contributed by atoms with E-state index < -0.39 is 0 Å². The Hall–Kier alpha value is -3.66. The first-order chi connectivity index (χ1) is 22.0. The zero-order chi connectivity index (χ0) is 31.0. The summed E-state index contributed by atoms with van der Waals surface area (Å²) < 4.78 is 12.4. The number of thioether (sulfide) groups is 1. The summed E-state index contributed by atoms with van der Waals surface area (Å²) >= 11 is 12.8. The van der Waals surface area contributed by atoms with E-state index in [0.29, 0.717) is 32.4 Å². The maximum Gasteiger partial charge on any atom is 0.270 e. The fourth-order valence-corrected chi connectivity index (χ4v) is 6.72. The van der Waals surface area contributed by atoms with E-state index in [0.717, 1.165) is 62.7 Å². The highest BCUT2D eigenvalue weighted by atomic mass is 35.5. The summed E-state index contributed by atoms with van der Waals surface area (Å²) in [6.07, 6.45) is 2.82. The predicted molar refractivity (Wildman–Crippen MR) is 188 cm³/mol. The predicted octanol–water partition coefficient (Wildman–Crippen LogP) is 8.12. The van der Waals surface area contributed by atoms with E-state index in [9.17, 15) is 4.79 Å². The molecule has 0 spiro atoms. The number of hydrogen-bond acceptors (Lipinski definition) is 7. The first kappa shape index (κ1) is 31.3. The molecule has 2 fully saturated rings. The van der Waals surface area contributed by atoms with Crippen molar-refractivity contribution in [2.75, 3.05) is 44.2 Å². The second kappa shape index (κ2) is 15.1. The number of hydrogen-bond donors (Lipinski definition) is 0. The molecule has 4 aromatic carbocycles. The maximum atomic E-state index is 13.3. The van der Waals surface area contributed by atoms with Crippen molar-refractivity contribution >= 4 is 57.6 Å². The topological polar surface area (TPSA) is 45.2 Å². The Bertz CT molecular complexity index is 1620. The molecule has 45 heavy (non-hydrogen) atoms. The number of ether oxygens (including phenoxy) is 2. The van der Waals surface area contributed by atoms with Crippen LogP contribution in [0.5, 0.6) is 17.2 Å². The van der Waals surface area contributed by atoms with E-state index in [1.165, 1.54) is 17.3 Å². The van der Waals surface area contributed by atoms with Crippen LogP contribution in [0.25, 0.3) is 6.08 Å². The van der Waals surface area contributed by atoms with Crippen molar-refractivity contribution in [1.29, 1.82) is 0 Å². The molecule has 2 aliphatic rings. The van der Waals surface area contributed by atoms with Crippen molar-refractivity contribution in [2.45, 2.75) is 13.0 Å². The minimum atomic E-state index is -0.135. The largest absolute Gasteiger partial charge is 0.494 e. The quantitative estimate of drug-likeness (QED) is 0.0919. The Morgan fingerprint density at radius 1 is 0.778 bits per heavy atom. The van der Waals surface area contributed by atoms with Gasteiger partial charge in [-0.25, -0.2) is 0 Å². The SMILES string of the molecule is O=C1C(=Cc2ccc(Oc3ccc(Cl)cc3)cc2)SC(=S)N1c1ccc(OCCCN2CCN(Cc3ccccc3)CC2)cc1. The minimum absolute atomic E-state index is 0.135. The third-order valence-electron chi connectivity index (χ3n) is 7.72. The van der Waals surface area contributed by atoms with Gasteiger partial charge in [0.05, 0.1) is 17.2 Å². The van der Waals surface area contributed by atoms with Crippen LogP contribution in [0.15, 0.2) is 108 Å². The molecule has 1 amide bonds. The second-order valence-electron chi connectivity index (χ2n) is 10.9. The third-order valence-corrected chi connectivity index (χ3v) is 9.27. The molecular weight excluding hydrogens is 622 g/mol. The summed E-state index contributed by atoms with van der Waals surface area (Å²) in [5, 5.41) is 0.657. The number of carbonyl (C=O) groups is 1. The lowest BCUT2D eigenvalue weighted by Gasteiger charge is -2.34. The van der Waals surface area contributed by atoms with Gasteiger partial charge in [0.2, 0.25) is 0 Å². The zero-order valence-corrected chi connectivity index (χ0v) is 27.2. The molecule has 4 aromatic rings. The average Bonchev–Trinajstić information content (AvgIpc) is 3.34. The number of nitrogens with zero attached hydrogens (tertiary/aromatic N) is 3. The van der Waals surface area contributed by atoms with Gasteiger partial charge in [-0.1, -0.05) is 78.0 Å². The summed E-state index contributed by atoms with van der Waals surface area (Å²) in [5.41, 5.74) is 2.99. The molecule has 9 heteroatoms. The number of rotatable bonds is 11. The van der Waals surface area contributed by atoms with Crippen molar-refractivity contribution in [3.63, 3.8) is 0 Å². The number of thiocarbonyl (C=S) groups is 1. The van der Waals surface area contributed by atoms with Crippen LogP contribution >= 0.6 is 35.6 Å². The molecule has 2 saturated heterocycles. The Kier molecular flexibility index (Phi) is 10.5. The van der Waals surface area contributed by atoms with Crippen molar-refractivity contribution in [3.05, 3.63) is 124 Å². The monoisotopic (exact) mass is 655 g/mol. The summed E-state index contributed by atoms with van der Waals surface area (Å²) in [5.74, 6) is 2.05. The number of piperazine rings is 1. The molecule has 230 valence electrons. The highest BCUT2D eigenvalue weighted by Gasteiger charge is 2.33. The Morgan fingerprint density at radius 3 is 2.09 bits per heavy atom. The van der Waals surface area contributed by atoms with Crippen LogP contribution in [0.4, 0.5) is 5.69 Å². The summed E-state index contributed by atoms with van der Waals surface area (Å²) in [6.45, 7) is 7.06. The molecule has 0 saturated carbocycles. The van der Waals surface area contributed by atoms with Crippen LogP contribution in [0, 0.1) is 0 Å². The third kappa shape index (κ3) is 8.54. The Labute approximate surface area is 279 Å². The first-order valence-electron chi connectivity index (χ1n) is 15.0. The summed E-state index contributed by atoms with van der Waals surface area (Å²) in [6, 6.07) is 33.0. The lowest BCUT2D eigenvalue weighted by atomic mass is 10.2. The molecule has 0 unspecified atom stereocenters. The van der Waals surface area contributed by atoms with Crippen LogP contribution in [0.2, 0.25) is 5.02 Å². The van der Waals surface area contributed by atoms with E-state index in [2.05, 4.69) is 40.1 Å². The van der Waals surface area contributed by atoms with Gasteiger partial charge in [-0.15, -0.1) is 0 Å². The van der Waals surface area contributed by atoms with Crippen LogP contribution < -0.4 is 14.4 Å². The lowest BCUT2D eigenvalue weighted by molar-refractivity contribution is -0.113. The average molecular weight is 656 g/mol. The number of anilines is 1. The smallest absolute Gasteiger partial charge is 0.270 e. The van der Waals surface area contributed by atoms with Gasteiger partial charge >= 0.3 is 0 Å². The molecule has 6 nitrogen and oxygen atoms in total. The fourth-order valence-electron chi connectivity index (χ4n) is 5.29. The maximum absolute atomic E-state index is 13.3. The number of halogens is 1. The lowest BCUT2D eigenvalue weighted by Crippen LogP contribution is -2.46. The van der Waals surface area contributed by atoms with E-state index >= 15 is 0 Å². The molecule has 0 N–H and O–H groups in total. The van der Waals surface area contributed by atoms with Gasteiger partial charge in [-0.05, 0) is 84.3 Å².